The van der Waals surface area contributed by atoms with Gasteiger partial charge >= 0.3 is 5.97 Å². The molecule has 2 aromatic rings. The molecular weight excluding hydrogens is 278 g/mol. The molecule has 0 unspecified atom stereocenters. The van der Waals surface area contributed by atoms with Crippen molar-refractivity contribution in [1.29, 1.82) is 0 Å². The normalized spacial score (nSPS) is 11.5. The molecule has 4 heteroatoms. The number of hydrogen-bond donors (Lipinski definition) is 1. The van der Waals surface area contributed by atoms with E-state index in [2.05, 4.69) is 5.32 Å². The van der Waals surface area contributed by atoms with Crippen molar-refractivity contribution in [2.75, 3.05) is 7.11 Å². The van der Waals surface area contributed by atoms with Crippen LogP contribution in [0.5, 0.6) is 0 Å². The van der Waals surface area contributed by atoms with E-state index in [9.17, 15) is 9.59 Å². The van der Waals surface area contributed by atoms with Crippen LogP contribution in [-0.4, -0.2) is 19.0 Å². The summed E-state index contributed by atoms with van der Waals surface area (Å²) in [5.74, 6) is -0.573. The Morgan fingerprint density at radius 1 is 1.05 bits per heavy atom. The van der Waals surface area contributed by atoms with E-state index in [1.54, 1.807) is 12.1 Å². The Hall–Kier alpha value is -2.62. The topological polar surface area (TPSA) is 55.4 Å². The van der Waals surface area contributed by atoms with Gasteiger partial charge in [0.05, 0.1) is 19.6 Å². The first-order valence-corrected chi connectivity index (χ1v) is 7.09. The number of esters is 1. The van der Waals surface area contributed by atoms with E-state index >= 15 is 0 Å². The summed E-state index contributed by atoms with van der Waals surface area (Å²) in [6.45, 7) is 1.96. The average molecular weight is 297 g/mol. The highest BCUT2D eigenvalue weighted by Gasteiger charge is 2.19. The van der Waals surface area contributed by atoms with Gasteiger partial charge in [-0.15, -0.1) is 0 Å². The van der Waals surface area contributed by atoms with Crippen molar-refractivity contribution in [3.05, 3.63) is 71.3 Å². The standard InChI is InChI=1S/C18H19NO3/c1-13-8-10-15(11-9-13)18(21)19-16(12-17(20)22-2)14-6-4-3-5-7-14/h3-11,16H,12H2,1-2H3,(H,19,21)/t16-/m1/s1. The Kier molecular flexibility index (Phi) is 5.31. The van der Waals surface area contributed by atoms with Gasteiger partial charge in [0.15, 0.2) is 0 Å². The molecule has 0 spiro atoms. The number of carbonyl (C=O) groups is 2. The Balaban J connectivity index is 2.17. The zero-order valence-electron chi connectivity index (χ0n) is 12.7. The SMILES string of the molecule is COC(=O)C[C@@H](NC(=O)c1ccc(C)cc1)c1ccccc1. The summed E-state index contributed by atoms with van der Waals surface area (Å²) in [6, 6.07) is 16.3. The molecule has 114 valence electrons. The molecule has 2 rings (SSSR count). The maximum absolute atomic E-state index is 12.3. The lowest BCUT2D eigenvalue weighted by Crippen LogP contribution is -2.30. The maximum atomic E-state index is 12.3. The fourth-order valence-electron chi connectivity index (χ4n) is 2.13. The van der Waals surface area contributed by atoms with Gasteiger partial charge in [0.25, 0.3) is 5.91 Å². The van der Waals surface area contributed by atoms with Gasteiger partial charge in [-0.3, -0.25) is 9.59 Å². The summed E-state index contributed by atoms with van der Waals surface area (Å²) in [7, 11) is 1.34. The monoisotopic (exact) mass is 297 g/mol. The first kappa shape index (κ1) is 15.8. The summed E-state index contributed by atoms with van der Waals surface area (Å²) in [5, 5.41) is 2.89. The van der Waals surface area contributed by atoms with E-state index in [0.29, 0.717) is 5.56 Å². The van der Waals surface area contributed by atoms with Crippen molar-refractivity contribution in [2.45, 2.75) is 19.4 Å². The zero-order chi connectivity index (χ0) is 15.9. The second-order valence-electron chi connectivity index (χ2n) is 5.08. The van der Waals surface area contributed by atoms with Crippen LogP contribution in [-0.2, 0) is 9.53 Å². The van der Waals surface area contributed by atoms with Gasteiger partial charge in [0.2, 0.25) is 0 Å². The highest BCUT2D eigenvalue weighted by molar-refractivity contribution is 5.94. The molecule has 0 radical (unpaired) electrons. The smallest absolute Gasteiger partial charge is 0.307 e. The molecule has 0 aliphatic rings. The van der Waals surface area contributed by atoms with Crippen LogP contribution in [0.15, 0.2) is 54.6 Å². The first-order chi connectivity index (χ1) is 10.6. The van der Waals surface area contributed by atoms with Crippen molar-refractivity contribution in [3.63, 3.8) is 0 Å². The number of rotatable bonds is 5. The Bertz CT molecular complexity index is 635. The molecule has 0 bridgehead atoms. The lowest BCUT2D eigenvalue weighted by molar-refractivity contribution is -0.141. The number of amides is 1. The van der Waals surface area contributed by atoms with Crippen molar-refractivity contribution in [3.8, 4) is 0 Å². The molecule has 0 aliphatic carbocycles. The van der Waals surface area contributed by atoms with Crippen LogP contribution >= 0.6 is 0 Å². The van der Waals surface area contributed by atoms with Crippen LogP contribution in [0.3, 0.4) is 0 Å². The Labute approximate surface area is 130 Å². The quantitative estimate of drug-likeness (QED) is 0.863. The van der Waals surface area contributed by atoms with E-state index in [-0.39, 0.29) is 18.3 Å². The number of hydrogen-bond acceptors (Lipinski definition) is 3. The van der Waals surface area contributed by atoms with Crippen LogP contribution in [0.25, 0.3) is 0 Å². The molecule has 4 nitrogen and oxygen atoms in total. The minimum absolute atomic E-state index is 0.0954. The molecule has 0 saturated heterocycles. The maximum Gasteiger partial charge on any atom is 0.307 e. The molecule has 0 saturated carbocycles. The fourth-order valence-corrected chi connectivity index (χ4v) is 2.13. The van der Waals surface area contributed by atoms with Crippen LogP contribution < -0.4 is 5.32 Å². The Morgan fingerprint density at radius 2 is 1.68 bits per heavy atom. The van der Waals surface area contributed by atoms with E-state index in [4.69, 9.17) is 4.74 Å². The van der Waals surface area contributed by atoms with Gasteiger partial charge < -0.3 is 10.1 Å². The highest BCUT2D eigenvalue weighted by Crippen LogP contribution is 2.18. The third-order valence-electron chi connectivity index (χ3n) is 3.42. The molecule has 22 heavy (non-hydrogen) atoms. The number of benzene rings is 2. The van der Waals surface area contributed by atoms with Crippen LogP contribution in [0.1, 0.15) is 33.9 Å². The van der Waals surface area contributed by atoms with Gasteiger partial charge in [0, 0.05) is 5.56 Å². The molecule has 2 aromatic carbocycles. The summed E-state index contributed by atoms with van der Waals surface area (Å²) in [6.07, 6.45) is 0.0954. The van der Waals surface area contributed by atoms with Crippen LogP contribution in [0.4, 0.5) is 0 Å². The summed E-state index contributed by atoms with van der Waals surface area (Å²) >= 11 is 0. The lowest BCUT2D eigenvalue weighted by atomic mass is 10.0. The Morgan fingerprint density at radius 3 is 2.27 bits per heavy atom. The molecule has 0 aromatic heterocycles. The molecule has 0 fully saturated rings. The third-order valence-corrected chi connectivity index (χ3v) is 3.42. The molecular formula is C18H19NO3. The van der Waals surface area contributed by atoms with Crippen molar-refractivity contribution in [2.24, 2.45) is 0 Å². The van der Waals surface area contributed by atoms with Crippen LogP contribution in [0.2, 0.25) is 0 Å². The molecule has 1 N–H and O–H groups in total. The number of methoxy groups -OCH3 is 1. The number of nitrogens with one attached hydrogen (secondary N) is 1. The lowest BCUT2D eigenvalue weighted by Gasteiger charge is -2.18. The van der Waals surface area contributed by atoms with E-state index in [1.807, 2.05) is 49.4 Å². The molecule has 0 aliphatic heterocycles. The zero-order valence-corrected chi connectivity index (χ0v) is 12.7. The largest absolute Gasteiger partial charge is 0.469 e. The van der Waals surface area contributed by atoms with Crippen molar-refractivity contribution >= 4 is 11.9 Å². The van der Waals surface area contributed by atoms with Gasteiger partial charge in [-0.1, -0.05) is 48.0 Å². The third kappa shape index (κ3) is 4.19. The second-order valence-corrected chi connectivity index (χ2v) is 5.08. The van der Waals surface area contributed by atoms with Gasteiger partial charge in [-0.25, -0.2) is 0 Å². The predicted octanol–water partition coefficient (Wildman–Crippen LogP) is 3.03. The van der Waals surface area contributed by atoms with E-state index < -0.39 is 6.04 Å². The summed E-state index contributed by atoms with van der Waals surface area (Å²) in [5.41, 5.74) is 2.52. The number of aryl methyl sites for hydroxylation is 1. The summed E-state index contributed by atoms with van der Waals surface area (Å²) in [4.78, 5) is 23.9. The minimum atomic E-state index is -0.414. The van der Waals surface area contributed by atoms with E-state index in [1.165, 1.54) is 7.11 Å². The minimum Gasteiger partial charge on any atom is -0.469 e. The molecule has 0 heterocycles. The molecule has 1 atom stereocenters. The molecule has 1 amide bonds. The van der Waals surface area contributed by atoms with Gasteiger partial charge in [0.1, 0.15) is 0 Å². The number of ether oxygens (including phenoxy) is 1. The van der Waals surface area contributed by atoms with E-state index in [0.717, 1.165) is 11.1 Å². The van der Waals surface area contributed by atoms with Crippen molar-refractivity contribution in [1.82, 2.24) is 5.32 Å². The summed E-state index contributed by atoms with van der Waals surface area (Å²) < 4.78 is 4.71. The number of carbonyl (C=O) groups excluding carboxylic acids is 2. The second kappa shape index (κ2) is 7.41. The fraction of sp³-hybridized carbons (Fsp3) is 0.222. The highest BCUT2D eigenvalue weighted by atomic mass is 16.5. The van der Waals surface area contributed by atoms with Crippen LogP contribution in [0, 0.1) is 6.92 Å². The van der Waals surface area contributed by atoms with Gasteiger partial charge in [-0.05, 0) is 24.6 Å². The van der Waals surface area contributed by atoms with Gasteiger partial charge in [-0.2, -0.15) is 0 Å². The van der Waals surface area contributed by atoms with Crippen molar-refractivity contribution < 1.29 is 14.3 Å². The predicted molar refractivity (Wildman–Crippen MR) is 84.5 cm³/mol. The average Bonchev–Trinajstić information content (AvgIpc) is 2.55. The first-order valence-electron chi connectivity index (χ1n) is 7.09.